The third kappa shape index (κ3) is 3.31. The molecule has 4 aliphatic rings. The molecule has 0 bridgehead atoms. The summed E-state index contributed by atoms with van der Waals surface area (Å²) in [5.41, 5.74) is 0.544. The van der Waals surface area contributed by atoms with Crippen molar-refractivity contribution in [2.45, 2.75) is 43.6 Å². The first-order valence-electron chi connectivity index (χ1n) is 12.2. The first-order valence-corrected chi connectivity index (χ1v) is 12.2. The third-order valence-electron chi connectivity index (χ3n) is 7.76. The van der Waals surface area contributed by atoms with Crippen LogP contribution in [0.2, 0.25) is 0 Å². The number of carbonyl (C=O) groups is 2. The van der Waals surface area contributed by atoms with Gasteiger partial charge in [0.2, 0.25) is 17.8 Å². The number of hydrogen-bond acceptors (Lipinski definition) is 8. The van der Waals surface area contributed by atoms with Crippen LogP contribution in [0.1, 0.15) is 37.7 Å². The van der Waals surface area contributed by atoms with Gasteiger partial charge >= 0.3 is 0 Å². The zero-order chi connectivity index (χ0) is 23.3. The topological polar surface area (TPSA) is 107 Å². The highest BCUT2D eigenvalue weighted by Crippen LogP contribution is 2.47. The van der Waals surface area contributed by atoms with Crippen LogP contribution in [0, 0.1) is 0 Å². The number of piperazine rings is 1. The molecule has 2 aromatic heterocycles. The molecule has 1 aliphatic carbocycles. The number of amides is 2. The van der Waals surface area contributed by atoms with E-state index in [9.17, 15) is 9.59 Å². The lowest BCUT2D eigenvalue weighted by Crippen LogP contribution is -2.48. The van der Waals surface area contributed by atoms with E-state index in [4.69, 9.17) is 4.98 Å². The molecule has 1 spiro atoms. The van der Waals surface area contributed by atoms with E-state index in [0.29, 0.717) is 36.1 Å². The molecule has 2 N–H and O–H groups in total. The van der Waals surface area contributed by atoms with Crippen molar-refractivity contribution in [3.8, 4) is 0 Å². The van der Waals surface area contributed by atoms with Gasteiger partial charge in [0.15, 0.2) is 5.41 Å². The van der Waals surface area contributed by atoms with E-state index in [1.807, 2.05) is 12.3 Å². The maximum absolute atomic E-state index is 13.6. The maximum atomic E-state index is 13.6. The van der Waals surface area contributed by atoms with Crippen molar-refractivity contribution in [1.29, 1.82) is 0 Å². The molecule has 3 aliphatic heterocycles. The second kappa shape index (κ2) is 8.19. The van der Waals surface area contributed by atoms with Crippen LogP contribution in [0.15, 0.2) is 24.5 Å². The van der Waals surface area contributed by atoms with Gasteiger partial charge in [0, 0.05) is 50.5 Å². The Hall–Kier alpha value is -3.27. The summed E-state index contributed by atoms with van der Waals surface area (Å²) in [6.45, 7) is 4.54. The fraction of sp³-hybridized carbons (Fsp3) is 0.542. The van der Waals surface area contributed by atoms with Gasteiger partial charge < -0.3 is 20.4 Å². The zero-order valence-corrected chi connectivity index (χ0v) is 19.5. The van der Waals surface area contributed by atoms with Crippen LogP contribution in [0.4, 0.5) is 23.3 Å². The highest BCUT2D eigenvalue weighted by molar-refractivity contribution is 6.22. The standard InChI is InChI=1S/C24H30N8O2/c1-30-10-12-31(13-11-30)17-6-7-19(26-14-17)28-23-27-15-18-20(29-23)32(16-4-2-3-5-16)22(34)24(18)8-9-25-21(24)33/h6-7,14-16H,2-5,8-13H2,1H3,(H,25,33)(H,26,27,28,29). The summed E-state index contributed by atoms with van der Waals surface area (Å²) in [6.07, 6.45) is 8.02. The van der Waals surface area contributed by atoms with Crippen LogP contribution in [0.5, 0.6) is 0 Å². The summed E-state index contributed by atoms with van der Waals surface area (Å²) in [5, 5.41) is 6.04. The molecule has 6 rings (SSSR count). The molecule has 0 radical (unpaired) electrons. The molecule has 2 amide bonds. The Morgan fingerprint density at radius 3 is 2.53 bits per heavy atom. The van der Waals surface area contributed by atoms with Crippen LogP contribution < -0.4 is 20.4 Å². The number of fused-ring (bicyclic) bond motifs is 2. The van der Waals surface area contributed by atoms with Crippen LogP contribution >= 0.6 is 0 Å². The van der Waals surface area contributed by atoms with Gasteiger partial charge in [-0.1, -0.05) is 12.8 Å². The normalized spacial score (nSPS) is 25.3. The number of likely N-dealkylation sites (N-methyl/N-ethyl adjacent to an activating group) is 1. The Bertz CT molecular complexity index is 1110. The van der Waals surface area contributed by atoms with Crippen molar-refractivity contribution in [2.24, 2.45) is 0 Å². The quantitative estimate of drug-likeness (QED) is 0.657. The minimum Gasteiger partial charge on any atom is -0.368 e. The number of rotatable bonds is 4. The first-order chi connectivity index (χ1) is 16.6. The lowest BCUT2D eigenvalue weighted by Gasteiger charge is -2.33. The fourth-order valence-corrected chi connectivity index (χ4v) is 5.75. The first kappa shape index (κ1) is 21.3. The minimum atomic E-state index is -1.18. The van der Waals surface area contributed by atoms with E-state index in [0.717, 1.165) is 57.5 Å². The summed E-state index contributed by atoms with van der Waals surface area (Å²) in [6, 6.07) is 4.07. The lowest BCUT2D eigenvalue weighted by atomic mass is 9.81. The van der Waals surface area contributed by atoms with Crippen molar-refractivity contribution in [3.05, 3.63) is 30.1 Å². The van der Waals surface area contributed by atoms with Crippen LogP contribution in [-0.4, -0.2) is 77.5 Å². The molecule has 178 valence electrons. The van der Waals surface area contributed by atoms with Gasteiger partial charge in [-0.3, -0.25) is 14.5 Å². The van der Waals surface area contributed by atoms with Gasteiger partial charge in [0.05, 0.1) is 11.9 Å². The Labute approximate surface area is 198 Å². The summed E-state index contributed by atoms with van der Waals surface area (Å²) >= 11 is 0. The third-order valence-corrected chi connectivity index (χ3v) is 7.76. The summed E-state index contributed by atoms with van der Waals surface area (Å²) in [7, 11) is 2.14. The van der Waals surface area contributed by atoms with Gasteiger partial charge in [0.25, 0.3) is 0 Å². The van der Waals surface area contributed by atoms with Crippen molar-refractivity contribution < 1.29 is 9.59 Å². The predicted octanol–water partition coefficient (Wildman–Crippen LogP) is 1.41. The second-order valence-corrected chi connectivity index (χ2v) is 9.77. The zero-order valence-electron chi connectivity index (χ0n) is 19.5. The van der Waals surface area contributed by atoms with Crippen LogP contribution in [0.3, 0.4) is 0 Å². The number of anilines is 4. The summed E-state index contributed by atoms with van der Waals surface area (Å²) in [4.78, 5) is 46.7. The van der Waals surface area contributed by atoms with Crippen molar-refractivity contribution in [1.82, 2.24) is 25.2 Å². The Morgan fingerprint density at radius 2 is 1.85 bits per heavy atom. The van der Waals surface area contributed by atoms with E-state index < -0.39 is 5.41 Å². The van der Waals surface area contributed by atoms with E-state index in [-0.39, 0.29) is 17.9 Å². The van der Waals surface area contributed by atoms with Gasteiger partial charge in [-0.15, -0.1) is 0 Å². The van der Waals surface area contributed by atoms with Crippen molar-refractivity contribution in [2.75, 3.05) is 54.9 Å². The molecular weight excluding hydrogens is 432 g/mol. The number of carbonyl (C=O) groups excluding carboxylic acids is 2. The summed E-state index contributed by atoms with van der Waals surface area (Å²) in [5.74, 6) is 1.21. The molecule has 1 atom stereocenters. The predicted molar refractivity (Wildman–Crippen MR) is 128 cm³/mol. The number of pyridine rings is 1. The molecule has 3 fully saturated rings. The number of aromatic nitrogens is 3. The van der Waals surface area contributed by atoms with Crippen LogP contribution in [-0.2, 0) is 15.0 Å². The number of nitrogens with one attached hydrogen (secondary N) is 2. The summed E-state index contributed by atoms with van der Waals surface area (Å²) < 4.78 is 0. The number of nitrogens with zero attached hydrogens (tertiary/aromatic N) is 6. The fourth-order valence-electron chi connectivity index (χ4n) is 5.75. The highest BCUT2D eigenvalue weighted by atomic mass is 16.2. The highest BCUT2D eigenvalue weighted by Gasteiger charge is 2.60. The van der Waals surface area contributed by atoms with E-state index in [1.54, 1.807) is 11.1 Å². The molecule has 0 aromatic carbocycles. The Balaban J connectivity index is 1.27. The molecule has 2 aromatic rings. The van der Waals surface area contributed by atoms with Crippen molar-refractivity contribution in [3.63, 3.8) is 0 Å². The Kier molecular flexibility index (Phi) is 5.13. The van der Waals surface area contributed by atoms with Crippen LogP contribution in [0.25, 0.3) is 0 Å². The molecule has 10 heteroatoms. The van der Waals surface area contributed by atoms with Crippen molar-refractivity contribution >= 4 is 35.1 Å². The van der Waals surface area contributed by atoms with Gasteiger partial charge in [-0.05, 0) is 38.4 Å². The molecule has 34 heavy (non-hydrogen) atoms. The lowest BCUT2D eigenvalue weighted by molar-refractivity contribution is -0.133. The van der Waals surface area contributed by atoms with E-state index in [1.165, 1.54) is 0 Å². The second-order valence-electron chi connectivity index (χ2n) is 9.77. The molecule has 10 nitrogen and oxygen atoms in total. The Morgan fingerprint density at radius 1 is 1.06 bits per heavy atom. The molecule has 2 saturated heterocycles. The molecule has 1 unspecified atom stereocenters. The minimum absolute atomic E-state index is 0.0859. The smallest absolute Gasteiger partial charge is 0.248 e. The average Bonchev–Trinajstić information content (AvgIpc) is 3.56. The molecule has 1 saturated carbocycles. The largest absolute Gasteiger partial charge is 0.368 e. The molecular formula is C24H30N8O2. The maximum Gasteiger partial charge on any atom is 0.248 e. The number of hydrogen-bond donors (Lipinski definition) is 2. The van der Waals surface area contributed by atoms with Gasteiger partial charge in [0.1, 0.15) is 11.6 Å². The average molecular weight is 463 g/mol. The van der Waals surface area contributed by atoms with Gasteiger partial charge in [-0.25, -0.2) is 9.97 Å². The SMILES string of the molecule is CN1CCN(c2ccc(Nc3ncc4c(n3)N(C3CCCC3)C(=O)C43CCNC3=O)nc2)CC1. The van der Waals surface area contributed by atoms with E-state index in [2.05, 4.69) is 43.5 Å². The van der Waals surface area contributed by atoms with E-state index >= 15 is 0 Å². The van der Waals surface area contributed by atoms with Gasteiger partial charge in [-0.2, -0.15) is 4.98 Å². The molecule has 5 heterocycles. The monoisotopic (exact) mass is 462 g/mol.